The molecule has 4 heteroatoms. The summed E-state index contributed by atoms with van der Waals surface area (Å²) in [6, 6.07) is 7.63. The molecule has 0 amide bonds. The molecule has 0 bridgehead atoms. The van der Waals surface area contributed by atoms with Crippen molar-refractivity contribution in [2.45, 2.75) is 0 Å². The Balaban J connectivity index is 2.92. The summed E-state index contributed by atoms with van der Waals surface area (Å²) in [5.41, 5.74) is 0.948. The molecule has 0 aliphatic carbocycles. The van der Waals surface area contributed by atoms with Crippen molar-refractivity contribution in [2.75, 3.05) is 6.26 Å². The molecule has 0 N–H and O–H groups in total. The van der Waals surface area contributed by atoms with Gasteiger partial charge in [-0.3, -0.25) is 4.21 Å². The van der Waals surface area contributed by atoms with E-state index in [0.717, 1.165) is 10.0 Å². The van der Waals surface area contributed by atoms with E-state index in [0.29, 0.717) is 4.36 Å². The molecule has 0 radical (unpaired) electrons. The Morgan fingerprint density at radius 1 is 1.46 bits per heavy atom. The molecule has 0 spiro atoms. The van der Waals surface area contributed by atoms with Crippen LogP contribution in [0.15, 0.2) is 33.1 Å². The third-order valence-electron chi connectivity index (χ3n) is 1.42. The number of hydrogen-bond acceptors (Lipinski definition) is 1. The Morgan fingerprint density at radius 3 is 2.46 bits per heavy atom. The highest BCUT2D eigenvalue weighted by atomic mass is 79.9. The summed E-state index contributed by atoms with van der Waals surface area (Å²) in [4.78, 5) is 0. The van der Waals surface area contributed by atoms with Gasteiger partial charge in [0.2, 0.25) is 0 Å². The summed E-state index contributed by atoms with van der Waals surface area (Å²) in [6.45, 7) is 0. The molecule has 0 saturated heterocycles. The lowest BCUT2D eigenvalue weighted by Crippen LogP contribution is -1.83. The first-order chi connectivity index (χ1) is 6.09. The highest BCUT2D eigenvalue weighted by Crippen LogP contribution is 2.15. The molecule has 0 saturated carbocycles. The zero-order valence-corrected chi connectivity index (χ0v) is 10.1. The lowest BCUT2D eigenvalue weighted by molar-refractivity contribution is 0.691. The predicted molar refractivity (Wildman–Crippen MR) is 62.0 cm³/mol. The maximum atomic E-state index is 10.9. The minimum absolute atomic E-state index is 0.363. The predicted octanol–water partition coefficient (Wildman–Crippen LogP) is 3.36. The topological polar surface area (TPSA) is 17.1 Å². The largest absolute Gasteiger partial charge is 0.254 e. The molecule has 0 heterocycles. The van der Waals surface area contributed by atoms with Gasteiger partial charge in [0, 0.05) is 10.7 Å². The van der Waals surface area contributed by atoms with Crippen LogP contribution < -0.4 is 0 Å². The lowest BCUT2D eigenvalue weighted by atomic mass is 10.2. The van der Waals surface area contributed by atoms with Crippen molar-refractivity contribution >= 4 is 44.4 Å². The minimum Gasteiger partial charge on any atom is -0.254 e. The normalized spacial score (nSPS) is 14.2. The van der Waals surface area contributed by atoms with Crippen molar-refractivity contribution in [1.82, 2.24) is 0 Å². The van der Waals surface area contributed by atoms with Gasteiger partial charge >= 0.3 is 0 Å². The molecule has 1 aromatic rings. The van der Waals surface area contributed by atoms with Crippen LogP contribution in [0.1, 0.15) is 5.56 Å². The average Bonchev–Trinajstić information content (AvgIpc) is 2.08. The smallest absolute Gasteiger partial charge is 0.105 e. The van der Waals surface area contributed by atoms with E-state index < -0.39 is 10.8 Å². The van der Waals surface area contributed by atoms with Crippen molar-refractivity contribution in [3.63, 3.8) is 0 Å². The molecule has 1 rings (SSSR count). The molecule has 1 aromatic carbocycles. The first-order valence-electron chi connectivity index (χ1n) is 3.56. The van der Waals surface area contributed by atoms with Gasteiger partial charge in [0.25, 0.3) is 0 Å². The van der Waals surface area contributed by atoms with Gasteiger partial charge in [-0.1, -0.05) is 39.7 Å². The molecule has 1 nitrogen and oxygen atoms in total. The highest BCUT2D eigenvalue weighted by Gasteiger charge is 1.97. The first-order valence-corrected chi connectivity index (χ1v) is 6.28. The number of hydrogen-bond donors (Lipinski definition) is 0. The zero-order chi connectivity index (χ0) is 9.84. The van der Waals surface area contributed by atoms with Gasteiger partial charge in [0.1, 0.15) is 4.36 Å². The average molecular weight is 280 g/mol. The Morgan fingerprint density at radius 2 is 2.00 bits per heavy atom. The molecule has 70 valence electrons. The fourth-order valence-electron chi connectivity index (χ4n) is 0.773. The second-order valence-corrected chi connectivity index (χ2v) is 5.35. The van der Waals surface area contributed by atoms with Crippen molar-refractivity contribution in [2.24, 2.45) is 0 Å². The highest BCUT2D eigenvalue weighted by molar-refractivity contribution is 9.10. The van der Waals surface area contributed by atoms with E-state index in [1.165, 1.54) is 0 Å². The van der Waals surface area contributed by atoms with Crippen LogP contribution >= 0.6 is 27.5 Å². The van der Waals surface area contributed by atoms with Crippen LogP contribution in [0.2, 0.25) is 0 Å². The lowest BCUT2D eigenvalue weighted by Gasteiger charge is -1.95. The van der Waals surface area contributed by atoms with Crippen LogP contribution in [-0.4, -0.2) is 10.5 Å². The van der Waals surface area contributed by atoms with E-state index in [-0.39, 0.29) is 0 Å². The monoisotopic (exact) mass is 278 g/mol. The van der Waals surface area contributed by atoms with Gasteiger partial charge in [-0.2, -0.15) is 0 Å². The molecule has 1 atom stereocenters. The van der Waals surface area contributed by atoms with E-state index in [1.807, 2.05) is 24.3 Å². The van der Waals surface area contributed by atoms with Crippen LogP contribution in [-0.2, 0) is 10.8 Å². The van der Waals surface area contributed by atoms with Crippen molar-refractivity contribution in [3.8, 4) is 0 Å². The van der Waals surface area contributed by atoms with E-state index >= 15 is 0 Å². The Labute approximate surface area is 93.4 Å². The molecule has 0 aliphatic rings. The number of benzene rings is 1. The fraction of sp³-hybridized carbons (Fsp3) is 0.111. The first kappa shape index (κ1) is 11.0. The van der Waals surface area contributed by atoms with Gasteiger partial charge < -0.3 is 0 Å². The summed E-state index contributed by atoms with van der Waals surface area (Å²) in [5, 5.41) is 0. The van der Waals surface area contributed by atoms with Gasteiger partial charge in [-0.05, 0) is 23.8 Å². The Hall–Kier alpha value is -0.120. The summed E-state index contributed by atoms with van der Waals surface area (Å²) >= 11 is 9.07. The second kappa shape index (κ2) is 4.94. The molecular weight excluding hydrogens is 272 g/mol. The quantitative estimate of drug-likeness (QED) is 0.811. The second-order valence-electron chi connectivity index (χ2n) is 2.45. The van der Waals surface area contributed by atoms with Crippen LogP contribution in [0, 0.1) is 0 Å². The van der Waals surface area contributed by atoms with Gasteiger partial charge in [0.15, 0.2) is 0 Å². The fourth-order valence-corrected chi connectivity index (χ4v) is 1.47. The van der Waals surface area contributed by atoms with E-state index in [9.17, 15) is 4.21 Å². The SMILES string of the molecule is CS(=O)/C(Cl)=C/c1ccc(Br)cc1. The summed E-state index contributed by atoms with van der Waals surface area (Å²) in [6.07, 6.45) is 3.25. The summed E-state index contributed by atoms with van der Waals surface area (Å²) < 4.78 is 12.3. The molecule has 1 unspecified atom stereocenters. The van der Waals surface area contributed by atoms with Crippen molar-refractivity contribution in [1.29, 1.82) is 0 Å². The molecule has 0 fully saturated rings. The van der Waals surface area contributed by atoms with Crippen molar-refractivity contribution in [3.05, 3.63) is 38.7 Å². The molecule has 0 aromatic heterocycles. The van der Waals surface area contributed by atoms with Crippen LogP contribution in [0.4, 0.5) is 0 Å². The Kier molecular flexibility index (Phi) is 4.16. The third kappa shape index (κ3) is 3.63. The van der Waals surface area contributed by atoms with Crippen LogP contribution in [0.5, 0.6) is 0 Å². The van der Waals surface area contributed by atoms with E-state index in [4.69, 9.17) is 11.6 Å². The van der Waals surface area contributed by atoms with Crippen molar-refractivity contribution < 1.29 is 4.21 Å². The van der Waals surface area contributed by atoms with E-state index in [2.05, 4.69) is 15.9 Å². The summed E-state index contributed by atoms with van der Waals surface area (Å²) in [7, 11) is -1.10. The van der Waals surface area contributed by atoms with Crippen LogP contribution in [0.25, 0.3) is 6.08 Å². The van der Waals surface area contributed by atoms with Gasteiger partial charge in [-0.25, -0.2) is 0 Å². The number of rotatable bonds is 2. The minimum atomic E-state index is -1.10. The molecule has 0 aliphatic heterocycles. The zero-order valence-electron chi connectivity index (χ0n) is 6.96. The van der Waals surface area contributed by atoms with E-state index in [1.54, 1.807) is 12.3 Å². The number of halogens is 2. The van der Waals surface area contributed by atoms with Crippen LogP contribution in [0.3, 0.4) is 0 Å². The maximum absolute atomic E-state index is 10.9. The van der Waals surface area contributed by atoms with Gasteiger partial charge in [-0.15, -0.1) is 0 Å². The third-order valence-corrected chi connectivity index (χ3v) is 3.38. The van der Waals surface area contributed by atoms with Gasteiger partial charge in [0.05, 0.1) is 10.8 Å². The standard InChI is InChI=1S/C9H8BrClOS/c1-13(12)9(11)6-7-2-4-8(10)5-3-7/h2-6H,1H3/b9-6+. The maximum Gasteiger partial charge on any atom is 0.105 e. The molecular formula is C9H8BrClOS. The Bertz CT molecular complexity index is 345. The molecule has 13 heavy (non-hydrogen) atoms. The summed E-state index contributed by atoms with van der Waals surface area (Å²) in [5.74, 6) is 0.